The van der Waals surface area contributed by atoms with Gasteiger partial charge in [0, 0.05) is 19.2 Å². The summed E-state index contributed by atoms with van der Waals surface area (Å²) in [4.78, 5) is 20.2. The van der Waals surface area contributed by atoms with Gasteiger partial charge in [-0.1, -0.05) is 6.92 Å². The van der Waals surface area contributed by atoms with Gasteiger partial charge in [-0.25, -0.2) is 4.98 Å². The summed E-state index contributed by atoms with van der Waals surface area (Å²) in [7, 11) is 0. The Labute approximate surface area is 111 Å². The number of aliphatic imine (C=N–C) groups is 1. The van der Waals surface area contributed by atoms with Crippen molar-refractivity contribution in [3.8, 4) is 0 Å². The number of aromatic nitrogens is 1. The molecule has 1 fully saturated rings. The highest BCUT2D eigenvalue weighted by molar-refractivity contribution is 5.80. The smallest absolute Gasteiger partial charge is 0.287 e. The van der Waals surface area contributed by atoms with Crippen LogP contribution in [0.3, 0.4) is 0 Å². The van der Waals surface area contributed by atoms with E-state index >= 15 is 0 Å². The minimum atomic E-state index is -0.490. The zero-order valence-electron chi connectivity index (χ0n) is 10.8. The van der Waals surface area contributed by atoms with Gasteiger partial charge in [0.1, 0.15) is 6.20 Å². The maximum atomic E-state index is 10.5. The van der Waals surface area contributed by atoms with Crippen LogP contribution in [0.25, 0.3) is 0 Å². The van der Waals surface area contributed by atoms with Gasteiger partial charge in [-0.2, -0.15) is 4.99 Å². The molecule has 1 aliphatic heterocycles. The molecule has 0 unspecified atom stereocenters. The van der Waals surface area contributed by atoms with Crippen LogP contribution >= 0.6 is 0 Å². The lowest BCUT2D eigenvalue weighted by Gasteiger charge is -2.31. The first kappa shape index (κ1) is 13.3. The normalized spacial score (nSPS) is 20.4. The standard InChI is InChI=1S/C12H17N5O2/c1-9-3-2-6-16(8-9)12(13)15-11-5-4-10(7-14-11)17(18)19/h4-5,7,9H,2-3,6,8H2,1H3,(H2,13,14,15)/t9-/m0/s1. The molecule has 1 atom stereocenters. The minimum absolute atomic E-state index is 0.0517. The van der Waals surface area contributed by atoms with Gasteiger partial charge in [-0.05, 0) is 24.8 Å². The van der Waals surface area contributed by atoms with Gasteiger partial charge in [0.25, 0.3) is 5.69 Å². The molecule has 2 N–H and O–H groups in total. The zero-order chi connectivity index (χ0) is 13.8. The van der Waals surface area contributed by atoms with E-state index in [2.05, 4.69) is 16.9 Å². The summed E-state index contributed by atoms with van der Waals surface area (Å²) in [5.41, 5.74) is 5.89. The molecule has 7 nitrogen and oxygen atoms in total. The second-order valence-corrected chi connectivity index (χ2v) is 4.80. The first-order chi connectivity index (χ1) is 9.06. The van der Waals surface area contributed by atoms with E-state index in [0.717, 1.165) is 19.5 Å². The Hall–Kier alpha value is -2.18. The van der Waals surface area contributed by atoms with Crippen molar-refractivity contribution in [3.05, 3.63) is 28.4 Å². The van der Waals surface area contributed by atoms with Crippen LogP contribution in [0.15, 0.2) is 23.3 Å². The van der Waals surface area contributed by atoms with Crippen LogP contribution in [0.2, 0.25) is 0 Å². The fourth-order valence-corrected chi connectivity index (χ4v) is 2.14. The van der Waals surface area contributed by atoms with E-state index in [9.17, 15) is 10.1 Å². The van der Waals surface area contributed by atoms with Crippen LogP contribution < -0.4 is 5.73 Å². The zero-order valence-corrected chi connectivity index (χ0v) is 10.8. The highest BCUT2D eigenvalue weighted by atomic mass is 16.6. The summed E-state index contributed by atoms with van der Waals surface area (Å²) in [5.74, 6) is 1.42. The second kappa shape index (κ2) is 5.64. The van der Waals surface area contributed by atoms with Crippen LogP contribution in [0, 0.1) is 16.0 Å². The number of rotatable bonds is 2. The van der Waals surface area contributed by atoms with Crippen molar-refractivity contribution in [3.63, 3.8) is 0 Å². The highest BCUT2D eigenvalue weighted by Gasteiger charge is 2.17. The number of likely N-dealkylation sites (tertiary alicyclic amines) is 1. The Bertz CT molecular complexity index is 485. The second-order valence-electron chi connectivity index (χ2n) is 4.80. The number of hydrogen-bond acceptors (Lipinski definition) is 4. The summed E-state index contributed by atoms with van der Waals surface area (Å²) in [6.07, 6.45) is 3.50. The topological polar surface area (TPSA) is 97.6 Å². The Morgan fingerprint density at radius 3 is 3.00 bits per heavy atom. The number of pyridine rings is 1. The molecule has 19 heavy (non-hydrogen) atoms. The van der Waals surface area contributed by atoms with Gasteiger partial charge < -0.3 is 10.6 Å². The summed E-state index contributed by atoms with van der Waals surface area (Å²) in [6, 6.07) is 2.87. The largest absolute Gasteiger partial charge is 0.369 e. The quantitative estimate of drug-likeness (QED) is 0.379. The fourth-order valence-electron chi connectivity index (χ4n) is 2.14. The van der Waals surface area contributed by atoms with Gasteiger partial charge in [-0.15, -0.1) is 0 Å². The van der Waals surface area contributed by atoms with Gasteiger partial charge in [0.2, 0.25) is 0 Å². The summed E-state index contributed by atoms with van der Waals surface area (Å²) in [6.45, 7) is 3.97. The summed E-state index contributed by atoms with van der Waals surface area (Å²) in [5, 5.41) is 10.5. The number of nitro groups is 1. The van der Waals surface area contributed by atoms with Crippen LogP contribution in [-0.2, 0) is 0 Å². The molecule has 0 spiro atoms. The molecular formula is C12H17N5O2. The first-order valence-corrected chi connectivity index (χ1v) is 6.26. The Balaban J connectivity index is 2.09. The van der Waals surface area contributed by atoms with Crippen molar-refractivity contribution in [2.75, 3.05) is 13.1 Å². The third kappa shape index (κ3) is 3.40. The van der Waals surface area contributed by atoms with Crippen LogP contribution in [-0.4, -0.2) is 33.9 Å². The molecule has 0 saturated carbocycles. The molecule has 102 valence electrons. The Kier molecular flexibility index (Phi) is 3.94. The lowest BCUT2D eigenvalue weighted by atomic mass is 10.0. The minimum Gasteiger partial charge on any atom is -0.369 e. The molecule has 2 rings (SSSR count). The van der Waals surface area contributed by atoms with E-state index in [1.54, 1.807) is 0 Å². The molecule has 0 aromatic carbocycles. The van der Waals surface area contributed by atoms with Crippen molar-refractivity contribution in [2.45, 2.75) is 19.8 Å². The molecule has 2 heterocycles. The monoisotopic (exact) mass is 263 g/mol. The van der Waals surface area contributed by atoms with Crippen LogP contribution in [0.5, 0.6) is 0 Å². The molecular weight excluding hydrogens is 246 g/mol. The maximum Gasteiger partial charge on any atom is 0.287 e. The summed E-state index contributed by atoms with van der Waals surface area (Å²) < 4.78 is 0. The predicted molar refractivity (Wildman–Crippen MR) is 72.1 cm³/mol. The van der Waals surface area contributed by atoms with Gasteiger partial charge in [0.15, 0.2) is 11.8 Å². The number of nitrogens with two attached hydrogens (primary N) is 1. The molecule has 0 aliphatic carbocycles. The van der Waals surface area contributed by atoms with Gasteiger partial charge in [-0.3, -0.25) is 10.1 Å². The van der Waals surface area contributed by atoms with E-state index in [0.29, 0.717) is 17.7 Å². The lowest BCUT2D eigenvalue weighted by Crippen LogP contribution is -2.43. The molecule has 1 aromatic rings. The van der Waals surface area contributed by atoms with E-state index in [4.69, 9.17) is 5.73 Å². The number of guanidine groups is 1. The van der Waals surface area contributed by atoms with Crippen molar-refractivity contribution in [2.24, 2.45) is 16.6 Å². The average Bonchev–Trinajstić information content (AvgIpc) is 2.39. The summed E-state index contributed by atoms with van der Waals surface area (Å²) >= 11 is 0. The Morgan fingerprint density at radius 1 is 1.63 bits per heavy atom. The van der Waals surface area contributed by atoms with Crippen molar-refractivity contribution >= 4 is 17.5 Å². The van der Waals surface area contributed by atoms with Crippen molar-refractivity contribution in [1.82, 2.24) is 9.88 Å². The van der Waals surface area contributed by atoms with E-state index < -0.39 is 4.92 Å². The molecule has 0 amide bonds. The lowest BCUT2D eigenvalue weighted by molar-refractivity contribution is -0.385. The predicted octanol–water partition coefficient (Wildman–Crippen LogP) is 1.67. The number of nitrogens with zero attached hydrogens (tertiary/aromatic N) is 4. The van der Waals surface area contributed by atoms with Gasteiger partial charge >= 0.3 is 0 Å². The SMILES string of the molecule is C[C@H]1CCCN(C(N)=Nc2ccc([N+](=O)[O-])cn2)C1. The van der Waals surface area contributed by atoms with E-state index in [-0.39, 0.29) is 5.69 Å². The molecule has 1 saturated heterocycles. The first-order valence-electron chi connectivity index (χ1n) is 6.26. The van der Waals surface area contributed by atoms with Crippen LogP contribution in [0.4, 0.5) is 11.5 Å². The molecule has 0 radical (unpaired) electrons. The van der Waals surface area contributed by atoms with Crippen LogP contribution in [0.1, 0.15) is 19.8 Å². The number of hydrogen-bond donors (Lipinski definition) is 1. The van der Waals surface area contributed by atoms with E-state index in [1.165, 1.54) is 24.8 Å². The Morgan fingerprint density at radius 2 is 2.42 bits per heavy atom. The molecule has 1 aliphatic rings. The van der Waals surface area contributed by atoms with Crippen molar-refractivity contribution < 1.29 is 4.92 Å². The fraction of sp³-hybridized carbons (Fsp3) is 0.500. The van der Waals surface area contributed by atoms with E-state index in [1.807, 2.05) is 4.90 Å². The molecule has 1 aromatic heterocycles. The third-order valence-corrected chi connectivity index (χ3v) is 3.15. The van der Waals surface area contributed by atoms with Gasteiger partial charge in [0.05, 0.1) is 4.92 Å². The average molecular weight is 263 g/mol. The molecule has 0 bridgehead atoms. The number of piperidine rings is 1. The molecule has 7 heteroatoms. The maximum absolute atomic E-state index is 10.5. The van der Waals surface area contributed by atoms with Crippen molar-refractivity contribution in [1.29, 1.82) is 0 Å². The highest BCUT2D eigenvalue weighted by Crippen LogP contribution is 2.17. The third-order valence-electron chi connectivity index (χ3n) is 3.15.